The third-order valence-electron chi connectivity index (χ3n) is 2.70. The van der Waals surface area contributed by atoms with Crippen LogP contribution < -0.4 is 0 Å². The predicted octanol–water partition coefficient (Wildman–Crippen LogP) is 4.06. The smallest absolute Gasteiger partial charge is 0 e. The summed E-state index contributed by atoms with van der Waals surface area (Å²) < 4.78 is 0. The second-order valence-electron chi connectivity index (χ2n) is 4.28. The minimum absolute atomic E-state index is 0. The first-order valence-electron chi connectivity index (χ1n) is 5.74. The molecule has 0 aliphatic carbocycles. The maximum atomic E-state index is 2.24. The molecule has 0 N–H and O–H groups in total. The average molecular weight is 396 g/mol. The van der Waals surface area contributed by atoms with Gasteiger partial charge in [0.15, 0.2) is 0 Å². The van der Waals surface area contributed by atoms with Crippen molar-refractivity contribution in [2.24, 2.45) is 0 Å². The zero-order valence-corrected chi connectivity index (χ0v) is 12.8. The summed E-state index contributed by atoms with van der Waals surface area (Å²) in [6, 6.07) is 21.3. The Morgan fingerprint density at radius 2 is 1.06 bits per heavy atom. The number of hydrogen-bond donors (Lipinski definition) is 0. The van der Waals surface area contributed by atoms with Crippen LogP contribution in [0.3, 0.4) is 0 Å². The molecule has 0 aromatic heterocycles. The van der Waals surface area contributed by atoms with Gasteiger partial charge in [-0.05, 0) is 0 Å². The zero-order chi connectivity index (χ0) is 11.2. The van der Waals surface area contributed by atoms with Crippen LogP contribution in [0.1, 0.15) is 18.1 Å². The van der Waals surface area contributed by atoms with Crippen molar-refractivity contribution in [3.8, 4) is 0 Å². The summed E-state index contributed by atoms with van der Waals surface area (Å²) in [7, 11) is 0. The molecule has 1 radical (unpaired) electrons. The van der Waals surface area contributed by atoms with Crippen molar-refractivity contribution in [1.29, 1.82) is 0 Å². The van der Waals surface area contributed by atoms with Crippen molar-refractivity contribution in [3.63, 3.8) is 0 Å². The molecule has 0 amide bonds. The molecule has 2 rings (SSSR count). The number of rotatable bonds is 4. The SMILES string of the molecule is C[C-](Cc1ccccc1)Cc1ccccc1.[Re]. The van der Waals surface area contributed by atoms with Gasteiger partial charge in [-0.3, -0.25) is 0 Å². The fraction of sp³-hybridized carbons (Fsp3) is 0.188. The zero-order valence-electron chi connectivity index (χ0n) is 10.1. The van der Waals surface area contributed by atoms with E-state index in [2.05, 4.69) is 67.6 Å². The van der Waals surface area contributed by atoms with Gasteiger partial charge >= 0.3 is 0 Å². The Balaban J connectivity index is 0.00000144. The molecule has 0 bridgehead atoms. The summed E-state index contributed by atoms with van der Waals surface area (Å²) >= 11 is 0. The molecule has 2 aromatic carbocycles. The van der Waals surface area contributed by atoms with Crippen molar-refractivity contribution in [2.45, 2.75) is 19.8 Å². The molecule has 0 atom stereocenters. The van der Waals surface area contributed by atoms with E-state index in [0.717, 1.165) is 12.8 Å². The molecule has 17 heavy (non-hydrogen) atoms. The van der Waals surface area contributed by atoms with E-state index in [4.69, 9.17) is 0 Å². The Morgan fingerprint density at radius 3 is 1.41 bits per heavy atom. The van der Waals surface area contributed by atoms with Crippen LogP contribution in [0.25, 0.3) is 0 Å². The van der Waals surface area contributed by atoms with Crippen molar-refractivity contribution in [3.05, 3.63) is 77.7 Å². The van der Waals surface area contributed by atoms with Crippen LogP contribution in [0.2, 0.25) is 0 Å². The van der Waals surface area contributed by atoms with Gasteiger partial charge in [-0.25, -0.2) is 0 Å². The predicted molar refractivity (Wildman–Crippen MR) is 69.2 cm³/mol. The quantitative estimate of drug-likeness (QED) is 0.685. The van der Waals surface area contributed by atoms with Gasteiger partial charge in [0.1, 0.15) is 0 Å². The van der Waals surface area contributed by atoms with Gasteiger partial charge in [-0.1, -0.05) is 71.8 Å². The van der Waals surface area contributed by atoms with Crippen molar-refractivity contribution in [1.82, 2.24) is 0 Å². The fourth-order valence-corrected chi connectivity index (χ4v) is 1.95. The van der Waals surface area contributed by atoms with Gasteiger partial charge in [-0.15, -0.1) is 0 Å². The molecule has 0 spiro atoms. The van der Waals surface area contributed by atoms with E-state index < -0.39 is 0 Å². The first kappa shape index (κ1) is 14.2. The van der Waals surface area contributed by atoms with E-state index in [9.17, 15) is 0 Å². The first-order chi connectivity index (χ1) is 7.84. The van der Waals surface area contributed by atoms with Crippen LogP contribution in [0, 0.1) is 5.92 Å². The standard InChI is InChI=1S/C16H17.Re/c1-14(12-15-8-4-2-5-9-15)13-16-10-6-3-7-11-16;/h2-11H,12-13H2,1H3;/q-1;. The largest absolute Gasteiger partial charge is 0.308 e. The Hall–Kier alpha value is -0.898. The molecular weight excluding hydrogens is 378 g/mol. The van der Waals surface area contributed by atoms with E-state index in [1.54, 1.807) is 0 Å². The topological polar surface area (TPSA) is 0 Å². The first-order valence-corrected chi connectivity index (χ1v) is 5.74. The number of benzene rings is 2. The summed E-state index contributed by atoms with van der Waals surface area (Å²) in [6.45, 7) is 2.24. The van der Waals surface area contributed by atoms with Crippen LogP contribution in [0.15, 0.2) is 60.7 Å². The molecule has 0 saturated carbocycles. The summed E-state index contributed by atoms with van der Waals surface area (Å²) in [6.07, 6.45) is 2.16. The molecule has 0 nitrogen and oxygen atoms in total. The molecule has 1 heteroatoms. The summed E-state index contributed by atoms with van der Waals surface area (Å²) in [5.41, 5.74) is 2.80. The van der Waals surface area contributed by atoms with Crippen molar-refractivity contribution < 1.29 is 20.4 Å². The maximum Gasteiger partial charge on any atom is 0 e. The molecular formula is C16H17Re-. The third-order valence-corrected chi connectivity index (χ3v) is 2.70. The van der Waals surface area contributed by atoms with Crippen LogP contribution in [0.4, 0.5) is 0 Å². The van der Waals surface area contributed by atoms with Gasteiger partial charge in [0.25, 0.3) is 0 Å². The van der Waals surface area contributed by atoms with Crippen LogP contribution in [-0.2, 0) is 33.3 Å². The second-order valence-corrected chi connectivity index (χ2v) is 4.28. The van der Waals surface area contributed by atoms with E-state index >= 15 is 0 Å². The molecule has 0 saturated heterocycles. The fourth-order valence-electron chi connectivity index (χ4n) is 1.95. The van der Waals surface area contributed by atoms with Gasteiger partial charge in [0.05, 0.1) is 0 Å². The molecule has 0 aliphatic heterocycles. The molecule has 0 unspecified atom stereocenters. The third kappa shape index (κ3) is 4.86. The number of hydrogen-bond acceptors (Lipinski definition) is 0. The molecule has 2 aromatic rings. The normalized spacial score (nSPS) is 10.0. The van der Waals surface area contributed by atoms with Crippen LogP contribution in [-0.4, -0.2) is 0 Å². The molecule has 89 valence electrons. The maximum absolute atomic E-state index is 2.24. The van der Waals surface area contributed by atoms with E-state index in [1.807, 2.05) is 0 Å². The molecule has 0 fully saturated rings. The second kappa shape index (κ2) is 7.43. The van der Waals surface area contributed by atoms with Gasteiger partial charge in [0.2, 0.25) is 0 Å². The van der Waals surface area contributed by atoms with Crippen molar-refractivity contribution >= 4 is 0 Å². The monoisotopic (exact) mass is 396 g/mol. The van der Waals surface area contributed by atoms with Crippen molar-refractivity contribution in [2.75, 3.05) is 0 Å². The Bertz CT molecular complexity index is 367. The van der Waals surface area contributed by atoms with Gasteiger partial charge in [-0.2, -0.15) is 19.8 Å². The average Bonchev–Trinajstić information content (AvgIpc) is 2.31. The molecule has 0 heterocycles. The summed E-state index contributed by atoms with van der Waals surface area (Å²) in [5.74, 6) is 1.51. The summed E-state index contributed by atoms with van der Waals surface area (Å²) in [5, 5.41) is 0. The Labute approximate surface area is 118 Å². The van der Waals surface area contributed by atoms with Gasteiger partial charge in [0, 0.05) is 20.4 Å². The molecule has 0 aliphatic rings. The van der Waals surface area contributed by atoms with Gasteiger partial charge < -0.3 is 5.92 Å². The van der Waals surface area contributed by atoms with Crippen LogP contribution >= 0.6 is 0 Å². The minimum atomic E-state index is 0. The minimum Gasteiger partial charge on any atom is -0.308 e. The Kier molecular flexibility index (Phi) is 6.19. The van der Waals surface area contributed by atoms with E-state index in [1.165, 1.54) is 17.0 Å². The van der Waals surface area contributed by atoms with E-state index in [0.29, 0.717) is 0 Å². The summed E-state index contributed by atoms with van der Waals surface area (Å²) in [4.78, 5) is 0. The Morgan fingerprint density at radius 1 is 0.706 bits per heavy atom. The van der Waals surface area contributed by atoms with Crippen LogP contribution in [0.5, 0.6) is 0 Å². The van der Waals surface area contributed by atoms with E-state index in [-0.39, 0.29) is 20.4 Å².